The third kappa shape index (κ3) is 2.76. The van der Waals surface area contributed by atoms with Crippen LogP contribution in [0.4, 0.5) is 13.2 Å². The maximum Gasteiger partial charge on any atom is 0.417 e. The maximum atomic E-state index is 12.4. The van der Waals surface area contributed by atoms with E-state index >= 15 is 0 Å². The number of halogens is 3. The highest BCUT2D eigenvalue weighted by Gasteiger charge is 2.33. The van der Waals surface area contributed by atoms with Gasteiger partial charge in [-0.1, -0.05) is 12.7 Å². The summed E-state index contributed by atoms with van der Waals surface area (Å²) in [5.41, 5.74) is -1.41. The van der Waals surface area contributed by atoms with Crippen LogP contribution in [-0.2, 0) is 6.18 Å². The molecule has 1 rings (SSSR count). The first-order valence-electron chi connectivity index (χ1n) is 4.34. The van der Waals surface area contributed by atoms with Crippen molar-refractivity contribution in [2.45, 2.75) is 6.18 Å². The molecule has 0 bridgehead atoms. The molecule has 0 spiro atoms. The Morgan fingerprint density at radius 1 is 1.44 bits per heavy atom. The predicted octanol–water partition coefficient (Wildman–Crippen LogP) is 3.14. The number of hydrogen-bond acceptors (Lipinski definition) is 2. The Morgan fingerprint density at radius 3 is 2.62 bits per heavy atom. The molecular weight excluding hydrogens is 219 g/mol. The molecule has 0 radical (unpaired) electrons. The molecule has 0 N–H and O–H groups in total. The molecule has 0 saturated carbocycles. The first kappa shape index (κ1) is 12.1. The van der Waals surface area contributed by atoms with E-state index < -0.39 is 17.3 Å². The molecule has 0 unspecified atom stereocenters. The quantitative estimate of drug-likeness (QED) is 0.743. The molecule has 0 aliphatic heterocycles. The summed E-state index contributed by atoms with van der Waals surface area (Å²) in [6, 6.07) is 4.56. The third-order valence-corrected chi connectivity index (χ3v) is 1.78. The van der Waals surface area contributed by atoms with Crippen LogP contribution >= 0.6 is 0 Å². The number of nitrogens with zero attached hydrogens (tertiary/aromatic N) is 1. The smallest absolute Gasteiger partial charge is 0.417 e. The van der Waals surface area contributed by atoms with Crippen LogP contribution in [0.1, 0.15) is 11.1 Å². The van der Waals surface area contributed by atoms with Crippen molar-refractivity contribution in [3.8, 4) is 11.8 Å². The van der Waals surface area contributed by atoms with Gasteiger partial charge in [-0.15, -0.1) is 0 Å². The number of hydrogen-bond donors (Lipinski definition) is 0. The summed E-state index contributed by atoms with van der Waals surface area (Å²) < 4.78 is 42.3. The van der Waals surface area contributed by atoms with Crippen LogP contribution in [0.2, 0.25) is 0 Å². The molecule has 0 aliphatic rings. The highest BCUT2D eigenvalue weighted by molar-refractivity contribution is 5.44. The van der Waals surface area contributed by atoms with Crippen LogP contribution in [0.25, 0.3) is 0 Å². The Balaban J connectivity index is 3.08. The number of alkyl halides is 3. The second-order valence-corrected chi connectivity index (χ2v) is 2.92. The van der Waals surface area contributed by atoms with E-state index in [1.54, 1.807) is 0 Å². The molecule has 0 saturated heterocycles. The monoisotopic (exact) mass is 227 g/mol. The molecule has 0 atom stereocenters. The van der Waals surface area contributed by atoms with E-state index in [4.69, 9.17) is 10.00 Å². The average Bonchev–Trinajstić information content (AvgIpc) is 2.24. The van der Waals surface area contributed by atoms with Gasteiger partial charge in [0.1, 0.15) is 12.4 Å². The maximum absolute atomic E-state index is 12.4. The zero-order valence-electron chi connectivity index (χ0n) is 8.21. The van der Waals surface area contributed by atoms with Gasteiger partial charge in [0.2, 0.25) is 0 Å². The van der Waals surface area contributed by atoms with Crippen molar-refractivity contribution < 1.29 is 17.9 Å². The highest BCUT2D eigenvalue weighted by atomic mass is 19.4. The summed E-state index contributed by atoms with van der Waals surface area (Å²) in [6.45, 7) is 3.58. The molecule has 5 heteroatoms. The standard InChI is InChI=1S/C11H8F3NO/c1-2-5-16-9-3-4-10(11(12,13)14)8(6-9)7-15/h2-4,6H,1,5H2. The number of benzene rings is 1. The zero-order valence-corrected chi connectivity index (χ0v) is 8.21. The lowest BCUT2D eigenvalue weighted by atomic mass is 10.1. The Labute approximate surface area is 90.6 Å². The van der Waals surface area contributed by atoms with Crippen LogP contribution in [0.15, 0.2) is 30.9 Å². The predicted molar refractivity (Wildman–Crippen MR) is 51.9 cm³/mol. The fourth-order valence-corrected chi connectivity index (χ4v) is 1.11. The van der Waals surface area contributed by atoms with E-state index in [-0.39, 0.29) is 12.4 Å². The molecular formula is C11H8F3NO. The Kier molecular flexibility index (Phi) is 3.56. The minimum absolute atomic E-state index is 0.177. The lowest BCUT2D eigenvalue weighted by molar-refractivity contribution is -0.137. The van der Waals surface area contributed by atoms with Gasteiger partial charge in [-0.25, -0.2) is 0 Å². The van der Waals surface area contributed by atoms with E-state index in [0.29, 0.717) is 0 Å². The molecule has 0 aromatic heterocycles. The Hall–Kier alpha value is -1.96. The minimum atomic E-state index is -4.53. The normalized spacial score (nSPS) is 10.6. The lowest BCUT2D eigenvalue weighted by Gasteiger charge is -2.10. The highest BCUT2D eigenvalue weighted by Crippen LogP contribution is 2.33. The van der Waals surface area contributed by atoms with Crippen LogP contribution in [-0.4, -0.2) is 6.61 Å². The molecule has 1 aromatic rings. The molecule has 84 valence electrons. The molecule has 0 aliphatic carbocycles. The van der Waals surface area contributed by atoms with Crippen molar-refractivity contribution in [1.82, 2.24) is 0 Å². The fourth-order valence-electron chi connectivity index (χ4n) is 1.11. The molecule has 2 nitrogen and oxygen atoms in total. The molecule has 1 aromatic carbocycles. The number of rotatable bonds is 3. The second kappa shape index (κ2) is 4.71. The van der Waals surface area contributed by atoms with Crippen molar-refractivity contribution in [2.24, 2.45) is 0 Å². The summed E-state index contributed by atoms with van der Waals surface area (Å²) in [7, 11) is 0. The van der Waals surface area contributed by atoms with Crippen molar-refractivity contribution in [3.05, 3.63) is 42.0 Å². The number of ether oxygens (including phenoxy) is 1. The van der Waals surface area contributed by atoms with E-state index in [1.165, 1.54) is 18.2 Å². The van der Waals surface area contributed by atoms with E-state index in [0.717, 1.165) is 12.1 Å². The van der Waals surface area contributed by atoms with E-state index in [1.807, 2.05) is 0 Å². The first-order chi connectivity index (χ1) is 7.49. The summed E-state index contributed by atoms with van der Waals surface area (Å²) in [4.78, 5) is 0. The van der Waals surface area contributed by atoms with Gasteiger partial charge in [0.05, 0.1) is 17.2 Å². The van der Waals surface area contributed by atoms with Gasteiger partial charge in [0, 0.05) is 0 Å². The summed E-state index contributed by atoms with van der Waals surface area (Å²) in [5.74, 6) is 0.212. The molecule has 16 heavy (non-hydrogen) atoms. The van der Waals surface area contributed by atoms with Crippen LogP contribution in [0.5, 0.6) is 5.75 Å². The summed E-state index contributed by atoms with van der Waals surface area (Å²) >= 11 is 0. The fraction of sp³-hybridized carbons (Fsp3) is 0.182. The molecule has 0 heterocycles. The van der Waals surface area contributed by atoms with Crippen molar-refractivity contribution in [2.75, 3.05) is 6.61 Å². The van der Waals surface area contributed by atoms with Crippen LogP contribution < -0.4 is 4.74 Å². The van der Waals surface area contributed by atoms with Crippen LogP contribution in [0, 0.1) is 11.3 Å². The van der Waals surface area contributed by atoms with Gasteiger partial charge in [-0.05, 0) is 18.2 Å². The first-order valence-corrected chi connectivity index (χ1v) is 4.34. The zero-order chi connectivity index (χ0) is 12.2. The van der Waals surface area contributed by atoms with Crippen molar-refractivity contribution in [1.29, 1.82) is 5.26 Å². The van der Waals surface area contributed by atoms with Gasteiger partial charge >= 0.3 is 6.18 Å². The summed E-state index contributed by atoms with van der Waals surface area (Å²) in [6.07, 6.45) is -3.06. The number of nitriles is 1. The van der Waals surface area contributed by atoms with Gasteiger partial charge in [0.15, 0.2) is 0 Å². The van der Waals surface area contributed by atoms with Crippen molar-refractivity contribution >= 4 is 0 Å². The van der Waals surface area contributed by atoms with Gasteiger partial charge in [0.25, 0.3) is 0 Å². The second-order valence-electron chi connectivity index (χ2n) is 2.92. The molecule has 0 amide bonds. The third-order valence-electron chi connectivity index (χ3n) is 1.78. The Bertz CT molecular complexity index is 432. The molecule has 0 fully saturated rings. The van der Waals surface area contributed by atoms with Gasteiger partial charge in [-0.3, -0.25) is 0 Å². The van der Waals surface area contributed by atoms with Gasteiger partial charge < -0.3 is 4.74 Å². The lowest BCUT2D eigenvalue weighted by Crippen LogP contribution is -2.08. The van der Waals surface area contributed by atoms with E-state index in [9.17, 15) is 13.2 Å². The Morgan fingerprint density at radius 2 is 2.12 bits per heavy atom. The average molecular weight is 227 g/mol. The summed E-state index contributed by atoms with van der Waals surface area (Å²) in [5, 5.41) is 8.61. The topological polar surface area (TPSA) is 33.0 Å². The minimum Gasteiger partial charge on any atom is -0.490 e. The van der Waals surface area contributed by atoms with Gasteiger partial charge in [-0.2, -0.15) is 18.4 Å². The van der Waals surface area contributed by atoms with Crippen LogP contribution in [0.3, 0.4) is 0 Å². The van der Waals surface area contributed by atoms with Crippen molar-refractivity contribution in [3.63, 3.8) is 0 Å². The van der Waals surface area contributed by atoms with E-state index in [2.05, 4.69) is 6.58 Å². The largest absolute Gasteiger partial charge is 0.490 e. The SMILES string of the molecule is C=CCOc1ccc(C(F)(F)F)c(C#N)c1.